The third-order valence-electron chi connectivity index (χ3n) is 15.1. The molecule has 0 spiro atoms. The number of nitrogens with one attached hydrogen (secondary N) is 2. The second kappa shape index (κ2) is 11.7. The van der Waals surface area contributed by atoms with Gasteiger partial charge < -0.3 is 20.8 Å². The number of carbonyl (C=O) groups is 3. The average Bonchev–Trinajstić information content (AvgIpc) is 3.35. The van der Waals surface area contributed by atoms with Gasteiger partial charge in [0, 0.05) is 13.0 Å². The van der Waals surface area contributed by atoms with Crippen LogP contribution in [0.25, 0.3) is 0 Å². The van der Waals surface area contributed by atoms with Gasteiger partial charge >= 0.3 is 5.97 Å². The predicted molar refractivity (Wildman–Crippen MR) is 172 cm³/mol. The van der Waals surface area contributed by atoms with E-state index in [1.165, 1.54) is 31.3 Å². The van der Waals surface area contributed by atoms with Crippen molar-refractivity contribution in [1.82, 2.24) is 10.6 Å². The van der Waals surface area contributed by atoms with Gasteiger partial charge in [-0.1, -0.05) is 46.8 Å². The van der Waals surface area contributed by atoms with Gasteiger partial charge in [-0.05, 0) is 135 Å². The quantitative estimate of drug-likeness (QED) is 0.175. The van der Waals surface area contributed by atoms with E-state index >= 15 is 0 Å². The molecule has 0 bridgehead atoms. The topological polar surface area (TPSA) is 116 Å². The highest BCUT2D eigenvalue weighted by atomic mass is 16.4. The highest BCUT2D eigenvalue weighted by Crippen LogP contribution is 2.77. The fourth-order valence-corrected chi connectivity index (χ4v) is 12.6. The van der Waals surface area contributed by atoms with Crippen LogP contribution in [0, 0.1) is 56.7 Å². The zero-order valence-corrected chi connectivity index (χ0v) is 28.4. The van der Waals surface area contributed by atoms with Crippen molar-refractivity contribution in [3.05, 3.63) is 12.2 Å². The fourth-order valence-electron chi connectivity index (χ4n) is 12.6. The molecule has 0 aromatic rings. The van der Waals surface area contributed by atoms with E-state index < -0.39 is 5.97 Å². The number of fused-ring (bicyclic) bond motifs is 7. The van der Waals surface area contributed by atoms with Crippen LogP contribution in [0.4, 0.5) is 0 Å². The molecule has 0 heterocycles. The summed E-state index contributed by atoms with van der Waals surface area (Å²) in [6, 6.07) is 0. The number of rotatable bonds is 9. The first-order chi connectivity index (χ1) is 20.5. The molecule has 2 amide bonds. The largest absolute Gasteiger partial charge is 0.480 e. The minimum Gasteiger partial charge on any atom is -0.480 e. The lowest BCUT2D eigenvalue weighted by Gasteiger charge is -2.72. The third-order valence-corrected chi connectivity index (χ3v) is 15.1. The summed E-state index contributed by atoms with van der Waals surface area (Å²) >= 11 is 0. The highest BCUT2D eigenvalue weighted by molar-refractivity contribution is 5.84. The van der Waals surface area contributed by atoms with Crippen LogP contribution in [0.2, 0.25) is 0 Å². The molecule has 5 rings (SSSR count). The number of hydrogen-bond acceptors (Lipinski definition) is 4. The van der Waals surface area contributed by atoms with Crippen molar-refractivity contribution in [1.29, 1.82) is 0 Å². The van der Waals surface area contributed by atoms with Gasteiger partial charge in [-0.2, -0.15) is 0 Å². The number of unbranched alkanes of at least 4 members (excludes halogenated alkanes) is 1. The average molecular weight is 613 g/mol. The summed E-state index contributed by atoms with van der Waals surface area (Å²) in [6.45, 7) is 19.2. The number of amides is 2. The molecule has 5 saturated carbocycles. The minimum atomic E-state index is -1.05. The first-order valence-electron chi connectivity index (χ1n) is 17.6. The molecule has 2 unspecified atom stereocenters. The molecule has 5 aliphatic rings. The van der Waals surface area contributed by atoms with Gasteiger partial charge in [0.15, 0.2) is 0 Å². The molecule has 5 fully saturated rings. The number of carboxylic acids is 1. The Bertz CT molecular complexity index is 1170. The Kier molecular flexibility index (Phi) is 8.92. The Labute approximate surface area is 265 Å². The normalized spacial score (nSPS) is 43.9. The maximum Gasteiger partial charge on any atom is 0.322 e. The summed E-state index contributed by atoms with van der Waals surface area (Å²) < 4.78 is 0. The van der Waals surface area contributed by atoms with Gasteiger partial charge in [0.05, 0.1) is 11.5 Å². The van der Waals surface area contributed by atoms with Crippen molar-refractivity contribution in [2.75, 3.05) is 13.1 Å². The van der Waals surface area contributed by atoms with E-state index in [0.29, 0.717) is 49.0 Å². The van der Waals surface area contributed by atoms with Gasteiger partial charge in [0.1, 0.15) is 6.54 Å². The first-order valence-corrected chi connectivity index (χ1v) is 17.6. The number of allylic oxidation sites excluding steroid dienone is 1. The van der Waals surface area contributed by atoms with Crippen LogP contribution in [0.15, 0.2) is 12.2 Å². The van der Waals surface area contributed by atoms with Gasteiger partial charge in [-0.15, -0.1) is 0 Å². The number of hydrogen-bond donors (Lipinski definition) is 4. The van der Waals surface area contributed by atoms with Crippen LogP contribution in [-0.4, -0.2) is 47.2 Å². The molecule has 5 aliphatic carbocycles. The first kappa shape index (κ1) is 33.5. The van der Waals surface area contributed by atoms with Crippen molar-refractivity contribution >= 4 is 17.8 Å². The molecule has 10 atom stereocenters. The summed E-state index contributed by atoms with van der Waals surface area (Å²) in [5, 5.41) is 25.5. The summed E-state index contributed by atoms with van der Waals surface area (Å²) in [4.78, 5) is 36.8. The van der Waals surface area contributed by atoms with E-state index in [1.54, 1.807) is 0 Å². The van der Waals surface area contributed by atoms with Crippen LogP contribution in [-0.2, 0) is 14.4 Å². The van der Waals surface area contributed by atoms with Crippen molar-refractivity contribution in [2.24, 2.45) is 56.7 Å². The zero-order valence-electron chi connectivity index (χ0n) is 28.4. The second-order valence-electron chi connectivity index (χ2n) is 17.1. The molecule has 4 N–H and O–H groups in total. The molecule has 248 valence electrons. The SMILES string of the molecule is C=C(C)[C@@H]1CC[C@]2(C(=O)NCCCCC(=O)NCC(=O)O)CC[C@]3(C)C(CC[C@@H]4[C@@]5(C)CC[C@H](O)C(C)(C)[C@@H]5CC[C@]43C)C12. The van der Waals surface area contributed by atoms with Crippen LogP contribution in [0.1, 0.15) is 125 Å². The van der Waals surface area contributed by atoms with E-state index in [4.69, 9.17) is 5.11 Å². The molecule has 44 heavy (non-hydrogen) atoms. The van der Waals surface area contributed by atoms with E-state index in [-0.39, 0.29) is 58.0 Å². The predicted octanol–water partition coefficient (Wildman–Crippen LogP) is 6.49. The van der Waals surface area contributed by atoms with Crippen LogP contribution >= 0.6 is 0 Å². The smallest absolute Gasteiger partial charge is 0.322 e. The Balaban J connectivity index is 1.34. The highest BCUT2D eigenvalue weighted by Gasteiger charge is 2.71. The Morgan fingerprint density at radius 3 is 2.23 bits per heavy atom. The lowest BCUT2D eigenvalue weighted by atomic mass is 9.32. The van der Waals surface area contributed by atoms with Gasteiger partial charge in [0.25, 0.3) is 0 Å². The van der Waals surface area contributed by atoms with Crippen molar-refractivity contribution in [2.45, 2.75) is 131 Å². The Hall–Kier alpha value is -1.89. The van der Waals surface area contributed by atoms with Gasteiger partial charge in [-0.25, -0.2) is 0 Å². The maximum atomic E-state index is 14.2. The molecule has 0 radical (unpaired) electrons. The van der Waals surface area contributed by atoms with E-state index in [1.807, 2.05) is 0 Å². The molecule has 0 aliphatic heterocycles. The standard InChI is InChI=1S/C37H60N2O5/c1-23(2)24-13-18-37(32(44)38-21-9-8-10-29(41)39-22-30(42)43)20-19-35(6)25(31(24)37)11-12-27-34(5)16-15-28(40)33(3,4)26(34)14-17-36(27,35)7/h24-28,31,40H,1,8-22H2,2-7H3,(H,38,44)(H,39,41)(H,42,43)/t24-,25?,26-,27+,28-,31?,34-,35+,36+,37-/m0/s1. The summed E-state index contributed by atoms with van der Waals surface area (Å²) in [5.41, 5.74) is 1.44. The number of carbonyl (C=O) groups excluding carboxylic acids is 2. The van der Waals surface area contributed by atoms with Gasteiger partial charge in [-0.3, -0.25) is 14.4 Å². The van der Waals surface area contributed by atoms with Gasteiger partial charge in [0.2, 0.25) is 11.8 Å². The van der Waals surface area contributed by atoms with Crippen molar-refractivity contribution < 1.29 is 24.6 Å². The van der Waals surface area contributed by atoms with Crippen molar-refractivity contribution in [3.63, 3.8) is 0 Å². The van der Waals surface area contributed by atoms with E-state index in [9.17, 15) is 19.5 Å². The molecule has 0 aromatic heterocycles. The lowest BCUT2D eigenvalue weighted by Crippen LogP contribution is -2.67. The van der Waals surface area contributed by atoms with Crippen LogP contribution < -0.4 is 10.6 Å². The summed E-state index contributed by atoms with van der Waals surface area (Å²) in [6.07, 6.45) is 12.2. The number of aliphatic hydroxyl groups is 1. The number of aliphatic carboxylic acids is 1. The monoisotopic (exact) mass is 612 g/mol. The number of carboxylic acid groups (broad SMARTS) is 1. The van der Waals surface area contributed by atoms with Crippen LogP contribution in [0.5, 0.6) is 0 Å². The second-order valence-corrected chi connectivity index (χ2v) is 17.1. The molecule has 7 heteroatoms. The molecule has 0 aromatic carbocycles. The molecule has 0 saturated heterocycles. The molecular weight excluding hydrogens is 552 g/mol. The molecule has 7 nitrogen and oxygen atoms in total. The molecular formula is C37H60N2O5. The third kappa shape index (κ3) is 5.06. The summed E-state index contributed by atoms with van der Waals surface area (Å²) in [5.74, 6) is 1.26. The minimum absolute atomic E-state index is 0.0509. The van der Waals surface area contributed by atoms with Crippen molar-refractivity contribution in [3.8, 4) is 0 Å². The zero-order chi connectivity index (χ0) is 32.3. The lowest BCUT2D eigenvalue weighted by molar-refractivity contribution is -0.246. The van der Waals surface area contributed by atoms with E-state index in [0.717, 1.165) is 38.5 Å². The van der Waals surface area contributed by atoms with E-state index in [2.05, 4.69) is 58.8 Å². The Morgan fingerprint density at radius 2 is 1.55 bits per heavy atom. The fraction of sp³-hybridized carbons (Fsp3) is 0.865. The summed E-state index contributed by atoms with van der Waals surface area (Å²) in [7, 11) is 0. The number of aliphatic hydroxyl groups excluding tert-OH is 1. The van der Waals surface area contributed by atoms with Crippen LogP contribution in [0.3, 0.4) is 0 Å². The maximum absolute atomic E-state index is 14.2. The Morgan fingerprint density at radius 1 is 0.818 bits per heavy atom.